The quantitative estimate of drug-likeness (QED) is 0.839. The van der Waals surface area contributed by atoms with E-state index in [1.54, 1.807) is 6.92 Å². The third kappa shape index (κ3) is 5.08. The van der Waals surface area contributed by atoms with Gasteiger partial charge in [0.2, 0.25) is 5.91 Å². The van der Waals surface area contributed by atoms with Gasteiger partial charge in [-0.1, -0.05) is 31.7 Å². The van der Waals surface area contributed by atoms with Crippen LogP contribution in [0.4, 0.5) is 0 Å². The number of carbonyl (C=O) groups is 2. The maximum absolute atomic E-state index is 12.3. The fourth-order valence-electron chi connectivity index (χ4n) is 3.44. The molecular formula is C20H30N2O2. The van der Waals surface area contributed by atoms with Crippen molar-refractivity contribution in [3.63, 3.8) is 0 Å². The molecule has 0 spiro atoms. The zero-order valence-corrected chi connectivity index (χ0v) is 15.2. The molecule has 1 aromatic carbocycles. The second kappa shape index (κ2) is 8.86. The number of rotatable bonds is 5. The van der Waals surface area contributed by atoms with E-state index in [1.807, 2.05) is 36.9 Å². The summed E-state index contributed by atoms with van der Waals surface area (Å²) >= 11 is 0. The molecule has 1 saturated carbocycles. The molecule has 0 saturated heterocycles. The van der Waals surface area contributed by atoms with Crippen molar-refractivity contribution in [3.05, 3.63) is 34.9 Å². The fraction of sp³-hybridized carbons (Fsp3) is 0.600. The molecule has 2 amide bonds. The van der Waals surface area contributed by atoms with Crippen molar-refractivity contribution < 1.29 is 9.59 Å². The Balaban J connectivity index is 1.88. The van der Waals surface area contributed by atoms with Gasteiger partial charge in [0.05, 0.1) is 0 Å². The second-order valence-corrected chi connectivity index (χ2v) is 6.91. The Morgan fingerprint density at radius 1 is 1.08 bits per heavy atom. The largest absolute Gasteiger partial charge is 0.350 e. The number of nitrogens with one attached hydrogen (secondary N) is 1. The van der Waals surface area contributed by atoms with Crippen LogP contribution in [0.25, 0.3) is 0 Å². The highest BCUT2D eigenvalue weighted by atomic mass is 16.2. The van der Waals surface area contributed by atoms with Crippen molar-refractivity contribution in [1.29, 1.82) is 0 Å². The molecule has 4 heteroatoms. The van der Waals surface area contributed by atoms with Gasteiger partial charge in [-0.15, -0.1) is 0 Å². The maximum Gasteiger partial charge on any atom is 0.251 e. The number of amides is 2. The molecule has 0 aliphatic heterocycles. The minimum absolute atomic E-state index is 0.0672. The van der Waals surface area contributed by atoms with Crippen LogP contribution in [0.1, 0.15) is 66.9 Å². The van der Waals surface area contributed by atoms with Gasteiger partial charge in [-0.2, -0.15) is 0 Å². The van der Waals surface area contributed by atoms with E-state index < -0.39 is 0 Å². The Kier molecular flexibility index (Phi) is 6.83. The molecule has 0 unspecified atom stereocenters. The highest BCUT2D eigenvalue weighted by Crippen LogP contribution is 2.21. The highest BCUT2D eigenvalue weighted by Gasteiger charge is 2.22. The van der Waals surface area contributed by atoms with Gasteiger partial charge in [0.25, 0.3) is 5.91 Å². The number of hydrogen-bond donors (Lipinski definition) is 1. The molecule has 2 rings (SSSR count). The van der Waals surface area contributed by atoms with E-state index in [2.05, 4.69) is 5.32 Å². The van der Waals surface area contributed by atoms with Gasteiger partial charge in [-0.3, -0.25) is 9.59 Å². The van der Waals surface area contributed by atoms with E-state index in [1.165, 1.54) is 31.2 Å². The highest BCUT2D eigenvalue weighted by molar-refractivity contribution is 5.94. The standard InChI is InChI=1S/C20H30N2O2/c1-15-10-11-18(14-16(15)2)20(24)21-12-13-22(17(3)23)19-8-6-4-5-7-9-19/h10-11,14,19H,4-9,12-13H2,1-3H3,(H,21,24). The molecule has 0 aromatic heterocycles. The number of benzene rings is 1. The van der Waals surface area contributed by atoms with Gasteiger partial charge in [0.15, 0.2) is 0 Å². The minimum Gasteiger partial charge on any atom is -0.350 e. The molecule has 4 nitrogen and oxygen atoms in total. The summed E-state index contributed by atoms with van der Waals surface area (Å²) in [6.07, 6.45) is 7.11. The summed E-state index contributed by atoms with van der Waals surface area (Å²) in [5.41, 5.74) is 2.98. The molecule has 1 N–H and O–H groups in total. The summed E-state index contributed by atoms with van der Waals surface area (Å²) in [5.74, 6) is 0.0461. The SMILES string of the molecule is CC(=O)N(CCNC(=O)c1ccc(C)c(C)c1)C1CCCCCC1. The Hall–Kier alpha value is -1.84. The molecule has 1 aliphatic carbocycles. The molecular weight excluding hydrogens is 300 g/mol. The summed E-state index contributed by atoms with van der Waals surface area (Å²) < 4.78 is 0. The van der Waals surface area contributed by atoms with Crippen molar-refractivity contribution in [2.45, 2.75) is 65.3 Å². The molecule has 132 valence electrons. The van der Waals surface area contributed by atoms with Gasteiger partial charge in [0, 0.05) is 31.6 Å². The zero-order valence-electron chi connectivity index (χ0n) is 15.2. The Morgan fingerprint density at radius 2 is 1.75 bits per heavy atom. The molecule has 24 heavy (non-hydrogen) atoms. The summed E-state index contributed by atoms with van der Waals surface area (Å²) in [4.78, 5) is 26.2. The van der Waals surface area contributed by atoms with E-state index >= 15 is 0 Å². The number of carbonyl (C=O) groups excluding carboxylic acids is 2. The lowest BCUT2D eigenvalue weighted by molar-refractivity contribution is -0.131. The summed E-state index contributed by atoms with van der Waals surface area (Å²) in [5, 5.41) is 2.95. The number of hydrogen-bond acceptors (Lipinski definition) is 2. The zero-order chi connectivity index (χ0) is 17.5. The molecule has 0 bridgehead atoms. The Labute approximate surface area is 145 Å². The van der Waals surface area contributed by atoms with Crippen LogP contribution in [-0.2, 0) is 4.79 Å². The van der Waals surface area contributed by atoms with Gasteiger partial charge in [-0.05, 0) is 49.9 Å². The molecule has 1 aromatic rings. The topological polar surface area (TPSA) is 49.4 Å². The molecule has 0 atom stereocenters. The van der Waals surface area contributed by atoms with Crippen LogP contribution >= 0.6 is 0 Å². The molecule has 1 fully saturated rings. The number of nitrogens with zero attached hydrogens (tertiary/aromatic N) is 1. The van der Waals surface area contributed by atoms with Gasteiger partial charge >= 0.3 is 0 Å². The second-order valence-electron chi connectivity index (χ2n) is 6.91. The van der Waals surface area contributed by atoms with Gasteiger partial charge < -0.3 is 10.2 Å². The summed E-state index contributed by atoms with van der Waals surface area (Å²) in [6, 6.07) is 6.07. The van der Waals surface area contributed by atoms with Crippen LogP contribution in [0.3, 0.4) is 0 Å². The lowest BCUT2D eigenvalue weighted by Crippen LogP contribution is -2.43. The molecule has 0 heterocycles. The summed E-state index contributed by atoms with van der Waals surface area (Å²) in [7, 11) is 0. The first kappa shape index (κ1) is 18.5. The van der Waals surface area contributed by atoms with Gasteiger partial charge in [-0.25, -0.2) is 0 Å². The average molecular weight is 330 g/mol. The molecule has 0 radical (unpaired) electrons. The monoisotopic (exact) mass is 330 g/mol. The van der Waals surface area contributed by atoms with Crippen LogP contribution in [0.15, 0.2) is 18.2 Å². The summed E-state index contributed by atoms with van der Waals surface area (Å²) in [6.45, 7) is 6.78. The minimum atomic E-state index is -0.0672. The van der Waals surface area contributed by atoms with Crippen molar-refractivity contribution >= 4 is 11.8 Å². The van der Waals surface area contributed by atoms with Crippen molar-refractivity contribution in [1.82, 2.24) is 10.2 Å². The van der Waals surface area contributed by atoms with Crippen LogP contribution in [-0.4, -0.2) is 35.8 Å². The third-order valence-electron chi connectivity index (χ3n) is 5.08. The first-order valence-corrected chi connectivity index (χ1v) is 9.11. The number of aryl methyl sites for hydroxylation is 2. The van der Waals surface area contributed by atoms with Crippen LogP contribution in [0.2, 0.25) is 0 Å². The van der Waals surface area contributed by atoms with E-state index in [0.29, 0.717) is 24.7 Å². The first-order chi connectivity index (χ1) is 11.5. The van der Waals surface area contributed by atoms with Crippen LogP contribution in [0, 0.1) is 13.8 Å². The predicted octanol–water partition coefficient (Wildman–Crippen LogP) is 3.60. The van der Waals surface area contributed by atoms with E-state index in [-0.39, 0.29) is 11.8 Å². The Morgan fingerprint density at radius 3 is 2.33 bits per heavy atom. The van der Waals surface area contributed by atoms with Gasteiger partial charge in [0.1, 0.15) is 0 Å². The fourth-order valence-corrected chi connectivity index (χ4v) is 3.44. The van der Waals surface area contributed by atoms with Crippen LogP contribution < -0.4 is 5.32 Å². The normalized spacial score (nSPS) is 15.6. The van der Waals surface area contributed by atoms with Crippen molar-refractivity contribution in [3.8, 4) is 0 Å². The maximum atomic E-state index is 12.3. The van der Waals surface area contributed by atoms with E-state index in [0.717, 1.165) is 18.4 Å². The smallest absolute Gasteiger partial charge is 0.251 e. The first-order valence-electron chi connectivity index (χ1n) is 9.11. The van der Waals surface area contributed by atoms with Crippen molar-refractivity contribution in [2.75, 3.05) is 13.1 Å². The van der Waals surface area contributed by atoms with Crippen LogP contribution in [0.5, 0.6) is 0 Å². The lowest BCUT2D eigenvalue weighted by atomic mass is 10.1. The third-order valence-corrected chi connectivity index (χ3v) is 5.08. The predicted molar refractivity (Wildman–Crippen MR) is 97.1 cm³/mol. The van der Waals surface area contributed by atoms with E-state index in [9.17, 15) is 9.59 Å². The lowest BCUT2D eigenvalue weighted by Gasteiger charge is -2.30. The van der Waals surface area contributed by atoms with Crippen molar-refractivity contribution in [2.24, 2.45) is 0 Å². The Bertz CT molecular complexity index is 575. The average Bonchev–Trinajstić information content (AvgIpc) is 2.82. The molecule has 1 aliphatic rings. The van der Waals surface area contributed by atoms with E-state index in [4.69, 9.17) is 0 Å².